The van der Waals surface area contributed by atoms with E-state index in [1.807, 2.05) is 48.5 Å². The Morgan fingerprint density at radius 1 is 1.17 bits per heavy atom. The first-order valence-electron chi connectivity index (χ1n) is 7.66. The lowest BCUT2D eigenvalue weighted by Crippen LogP contribution is -2.05. The first-order chi connectivity index (χ1) is 11.3. The molecule has 0 spiro atoms. The second-order valence-electron chi connectivity index (χ2n) is 5.16. The van der Waals surface area contributed by atoms with Crippen molar-refractivity contribution in [1.82, 2.24) is 9.55 Å². The highest BCUT2D eigenvalue weighted by Crippen LogP contribution is 2.20. The van der Waals surface area contributed by atoms with Crippen LogP contribution in [-0.4, -0.2) is 22.1 Å². The van der Waals surface area contributed by atoms with Crippen molar-refractivity contribution in [3.8, 4) is 5.75 Å². The van der Waals surface area contributed by atoms with Crippen molar-refractivity contribution in [1.29, 1.82) is 0 Å². The van der Waals surface area contributed by atoms with E-state index in [1.165, 1.54) is 0 Å². The Balaban J connectivity index is 1.84. The second-order valence-corrected chi connectivity index (χ2v) is 5.16. The lowest BCUT2D eigenvalue weighted by molar-refractivity contribution is 0.0974. The van der Waals surface area contributed by atoms with Crippen LogP contribution < -0.4 is 4.74 Å². The van der Waals surface area contributed by atoms with Crippen molar-refractivity contribution in [3.05, 3.63) is 66.5 Å². The van der Waals surface area contributed by atoms with Gasteiger partial charge in [0.25, 0.3) is 5.91 Å². The third kappa shape index (κ3) is 3.31. The highest BCUT2D eigenvalue weighted by atomic mass is 16.5. The number of hydrogen-bond donors (Lipinski definition) is 0. The molecular formula is C19H18N2O2. The summed E-state index contributed by atoms with van der Waals surface area (Å²) in [6.07, 6.45) is 5.82. The van der Waals surface area contributed by atoms with Gasteiger partial charge in [0, 0.05) is 11.6 Å². The van der Waals surface area contributed by atoms with E-state index >= 15 is 0 Å². The number of fused-ring (bicyclic) bond motifs is 1. The highest BCUT2D eigenvalue weighted by molar-refractivity contribution is 5.99. The van der Waals surface area contributed by atoms with Crippen LogP contribution in [0.25, 0.3) is 17.1 Å². The Hall–Kier alpha value is -2.88. The molecule has 3 aromatic rings. The molecule has 116 valence electrons. The number of allylic oxidation sites excluding steroid dienone is 1. The fourth-order valence-electron chi connectivity index (χ4n) is 2.34. The summed E-state index contributed by atoms with van der Waals surface area (Å²) < 4.78 is 7.24. The maximum Gasteiger partial charge on any atom is 0.256 e. The molecule has 0 bridgehead atoms. The molecule has 4 heteroatoms. The molecule has 23 heavy (non-hydrogen) atoms. The standard InChI is InChI=1S/C19H18N2O2/c1-2-13-23-18-10-6-3-7-15(18)11-12-19(22)21-14-20-16-8-4-5-9-17(16)21/h3-12,14H,2,13H2,1H3/b12-11+. The predicted octanol–water partition coefficient (Wildman–Crippen LogP) is 4.18. The van der Waals surface area contributed by atoms with Crippen LogP contribution >= 0.6 is 0 Å². The number of rotatable bonds is 5. The molecule has 4 nitrogen and oxygen atoms in total. The Labute approximate surface area is 135 Å². The first-order valence-corrected chi connectivity index (χ1v) is 7.66. The van der Waals surface area contributed by atoms with Gasteiger partial charge in [-0.05, 0) is 30.7 Å². The van der Waals surface area contributed by atoms with Crippen molar-refractivity contribution in [3.63, 3.8) is 0 Å². The number of para-hydroxylation sites is 3. The summed E-state index contributed by atoms with van der Waals surface area (Å²) in [4.78, 5) is 16.7. The van der Waals surface area contributed by atoms with Gasteiger partial charge in [0.15, 0.2) is 0 Å². The van der Waals surface area contributed by atoms with E-state index in [4.69, 9.17) is 4.74 Å². The van der Waals surface area contributed by atoms with Crippen LogP contribution in [-0.2, 0) is 0 Å². The minimum atomic E-state index is -0.135. The molecule has 0 fully saturated rings. The molecule has 0 atom stereocenters. The minimum Gasteiger partial charge on any atom is -0.493 e. The topological polar surface area (TPSA) is 44.1 Å². The van der Waals surface area contributed by atoms with Crippen molar-refractivity contribution in [2.24, 2.45) is 0 Å². The summed E-state index contributed by atoms with van der Waals surface area (Å²) in [6.45, 7) is 2.72. The lowest BCUT2D eigenvalue weighted by atomic mass is 10.2. The summed E-state index contributed by atoms with van der Waals surface area (Å²) >= 11 is 0. The molecule has 0 unspecified atom stereocenters. The maximum absolute atomic E-state index is 12.4. The third-order valence-corrected chi connectivity index (χ3v) is 3.48. The first kappa shape index (κ1) is 15.0. The quantitative estimate of drug-likeness (QED) is 0.664. The number of benzene rings is 2. The Kier molecular flexibility index (Phi) is 4.52. The van der Waals surface area contributed by atoms with Crippen molar-refractivity contribution >= 4 is 23.0 Å². The van der Waals surface area contributed by atoms with E-state index in [0.717, 1.165) is 28.8 Å². The third-order valence-electron chi connectivity index (χ3n) is 3.48. The fourth-order valence-corrected chi connectivity index (χ4v) is 2.34. The SMILES string of the molecule is CCCOc1ccccc1/C=C/C(=O)n1cnc2ccccc21. The van der Waals surface area contributed by atoms with Crippen molar-refractivity contribution in [2.75, 3.05) is 6.61 Å². The summed E-state index contributed by atoms with van der Waals surface area (Å²) in [5, 5.41) is 0. The van der Waals surface area contributed by atoms with Crippen molar-refractivity contribution < 1.29 is 9.53 Å². The van der Waals surface area contributed by atoms with E-state index in [9.17, 15) is 4.79 Å². The summed E-state index contributed by atoms with van der Waals surface area (Å²) in [5.41, 5.74) is 2.50. The molecular weight excluding hydrogens is 288 g/mol. The van der Waals surface area contributed by atoms with Crippen LogP contribution in [0.3, 0.4) is 0 Å². The molecule has 0 aliphatic heterocycles. The van der Waals surface area contributed by atoms with Gasteiger partial charge in [0.1, 0.15) is 12.1 Å². The Morgan fingerprint density at radius 2 is 1.96 bits per heavy atom. The second kappa shape index (κ2) is 6.92. The monoisotopic (exact) mass is 306 g/mol. The molecule has 2 aromatic carbocycles. The summed E-state index contributed by atoms with van der Waals surface area (Å²) in [5.74, 6) is 0.651. The average molecular weight is 306 g/mol. The zero-order chi connectivity index (χ0) is 16.1. The maximum atomic E-state index is 12.4. The van der Waals surface area contributed by atoms with Crippen LogP contribution in [0.4, 0.5) is 0 Å². The van der Waals surface area contributed by atoms with Crippen LogP contribution in [0, 0.1) is 0 Å². The van der Waals surface area contributed by atoms with Gasteiger partial charge in [0.2, 0.25) is 0 Å². The number of nitrogens with zero attached hydrogens (tertiary/aromatic N) is 2. The largest absolute Gasteiger partial charge is 0.493 e. The van der Waals surface area contributed by atoms with E-state index in [-0.39, 0.29) is 5.91 Å². The molecule has 0 N–H and O–H groups in total. The fraction of sp³-hybridized carbons (Fsp3) is 0.158. The molecule has 0 aliphatic rings. The normalized spacial score (nSPS) is 11.2. The predicted molar refractivity (Wildman–Crippen MR) is 91.6 cm³/mol. The van der Waals surface area contributed by atoms with Crippen LogP contribution in [0.15, 0.2) is 60.9 Å². The number of carbonyl (C=O) groups is 1. The van der Waals surface area contributed by atoms with Gasteiger partial charge in [-0.25, -0.2) is 4.98 Å². The number of ether oxygens (including phenoxy) is 1. The highest BCUT2D eigenvalue weighted by Gasteiger charge is 2.07. The number of imidazole rings is 1. The van der Waals surface area contributed by atoms with Gasteiger partial charge in [-0.3, -0.25) is 9.36 Å². The van der Waals surface area contributed by atoms with E-state index in [1.54, 1.807) is 23.0 Å². The summed E-state index contributed by atoms with van der Waals surface area (Å²) in [7, 11) is 0. The minimum absolute atomic E-state index is 0.135. The molecule has 0 amide bonds. The molecule has 1 aromatic heterocycles. The number of aromatic nitrogens is 2. The molecule has 0 saturated heterocycles. The molecule has 1 heterocycles. The molecule has 0 aliphatic carbocycles. The Bertz CT molecular complexity index is 849. The molecule has 0 saturated carbocycles. The molecule has 0 radical (unpaired) electrons. The van der Waals surface area contributed by atoms with Crippen LogP contribution in [0.1, 0.15) is 23.7 Å². The van der Waals surface area contributed by atoms with Crippen molar-refractivity contribution in [2.45, 2.75) is 13.3 Å². The smallest absolute Gasteiger partial charge is 0.256 e. The van der Waals surface area contributed by atoms with Gasteiger partial charge in [-0.1, -0.05) is 37.3 Å². The van der Waals surface area contributed by atoms with Gasteiger partial charge in [-0.15, -0.1) is 0 Å². The van der Waals surface area contributed by atoms with E-state index in [2.05, 4.69) is 11.9 Å². The summed E-state index contributed by atoms with van der Waals surface area (Å²) in [6, 6.07) is 15.3. The van der Waals surface area contributed by atoms with Gasteiger partial charge >= 0.3 is 0 Å². The number of carbonyl (C=O) groups excluding carboxylic acids is 1. The lowest BCUT2D eigenvalue weighted by Gasteiger charge is -2.07. The van der Waals surface area contributed by atoms with E-state index in [0.29, 0.717) is 6.61 Å². The molecule has 3 rings (SSSR count). The zero-order valence-corrected chi connectivity index (χ0v) is 13.0. The Morgan fingerprint density at radius 3 is 2.83 bits per heavy atom. The van der Waals surface area contributed by atoms with Crippen LogP contribution in [0.5, 0.6) is 5.75 Å². The van der Waals surface area contributed by atoms with Gasteiger partial charge in [0.05, 0.1) is 17.6 Å². The van der Waals surface area contributed by atoms with Gasteiger partial charge < -0.3 is 4.74 Å². The van der Waals surface area contributed by atoms with E-state index < -0.39 is 0 Å². The average Bonchev–Trinajstić information content (AvgIpc) is 3.02. The number of hydrogen-bond acceptors (Lipinski definition) is 3. The van der Waals surface area contributed by atoms with Gasteiger partial charge in [-0.2, -0.15) is 0 Å². The zero-order valence-electron chi connectivity index (χ0n) is 13.0. The van der Waals surface area contributed by atoms with Crippen LogP contribution in [0.2, 0.25) is 0 Å².